The highest BCUT2D eigenvalue weighted by Crippen LogP contribution is 2.17. The number of hydrogen-bond acceptors (Lipinski definition) is 1. The molecule has 4 heteroatoms. The minimum absolute atomic E-state index is 0.583. The molecule has 0 aliphatic heterocycles. The van der Waals surface area contributed by atoms with Gasteiger partial charge < -0.3 is 9.80 Å². The highest BCUT2D eigenvalue weighted by Gasteiger charge is 2.10. The van der Waals surface area contributed by atoms with Crippen molar-refractivity contribution in [3.8, 4) is 0 Å². The summed E-state index contributed by atoms with van der Waals surface area (Å²) in [5, 5.41) is 0. The summed E-state index contributed by atoms with van der Waals surface area (Å²) in [5.74, 6) is 1.61. The Labute approximate surface area is 131 Å². The van der Waals surface area contributed by atoms with Crippen molar-refractivity contribution in [1.82, 2.24) is 9.80 Å². The van der Waals surface area contributed by atoms with Crippen molar-refractivity contribution >= 4 is 21.9 Å². The van der Waals surface area contributed by atoms with Gasteiger partial charge in [0.05, 0.1) is 0 Å². The molecular formula is C16H26BrN3. The number of halogens is 1. The Hall–Kier alpha value is -1.03. The molecular weight excluding hydrogens is 314 g/mol. The summed E-state index contributed by atoms with van der Waals surface area (Å²) in [7, 11) is 8.14. The van der Waals surface area contributed by atoms with Crippen LogP contribution in [-0.4, -0.2) is 50.5 Å². The molecule has 0 aliphatic carbocycles. The largest absolute Gasteiger partial charge is 0.349 e. The van der Waals surface area contributed by atoms with Crippen LogP contribution in [-0.2, 0) is 6.42 Å². The van der Waals surface area contributed by atoms with Crippen LogP contribution in [0.2, 0.25) is 0 Å². The van der Waals surface area contributed by atoms with Gasteiger partial charge in [-0.15, -0.1) is 0 Å². The van der Waals surface area contributed by atoms with Crippen LogP contribution in [0, 0.1) is 5.92 Å². The minimum Gasteiger partial charge on any atom is -0.349 e. The molecule has 1 aromatic rings. The summed E-state index contributed by atoms with van der Waals surface area (Å²) < 4.78 is 1.15. The average Bonchev–Trinajstić information content (AvgIpc) is 2.36. The summed E-state index contributed by atoms with van der Waals surface area (Å²) in [5.41, 5.74) is 1.37. The van der Waals surface area contributed by atoms with Gasteiger partial charge in [-0.25, -0.2) is 0 Å². The second kappa shape index (κ2) is 8.30. The lowest BCUT2D eigenvalue weighted by molar-refractivity contribution is 0.462. The molecule has 112 valence electrons. The van der Waals surface area contributed by atoms with Gasteiger partial charge in [-0.2, -0.15) is 0 Å². The Morgan fingerprint density at radius 3 is 2.35 bits per heavy atom. The van der Waals surface area contributed by atoms with Crippen LogP contribution in [0.4, 0.5) is 0 Å². The van der Waals surface area contributed by atoms with Crippen molar-refractivity contribution < 1.29 is 0 Å². The van der Waals surface area contributed by atoms with Crippen molar-refractivity contribution in [2.75, 3.05) is 34.7 Å². The molecule has 1 aromatic carbocycles. The molecule has 0 amide bonds. The van der Waals surface area contributed by atoms with Gasteiger partial charge in [-0.3, -0.25) is 4.99 Å². The second-order valence-corrected chi connectivity index (χ2v) is 6.45. The first-order chi connectivity index (χ1) is 9.43. The maximum absolute atomic E-state index is 4.77. The van der Waals surface area contributed by atoms with Gasteiger partial charge in [-0.1, -0.05) is 41.4 Å². The number of hydrogen-bond donors (Lipinski definition) is 0. The maximum Gasteiger partial charge on any atom is 0.195 e. The van der Waals surface area contributed by atoms with E-state index in [9.17, 15) is 0 Å². The van der Waals surface area contributed by atoms with E-state index in [0.717, 1.165) is 29.8 Å². The highest BCUT2D eigenvalue weighted by atomic mass is 79.9. The molecule has 0 fully saturated rings. The molecule has 0 N–H and O–H groups in total. The predicted octanol–water partition coefficient (Wildman–Crippen LogP) is 3.50. The lowest BCUT2D eigenvalue weighted by Gasteiger charge is -2.23. The van der Waals surface area contributed by atoms with Crippen molar-refractivity contribution in [3.63, 3.8) is 0 Å². The predicted molar refractivity (Wildman–Crippen MR) is 91.3 cm³/mol. The van der Waals surface area contributed by atoms with Gasteiger partial charge in [0.25, 0.3) is 0 Å². The van der Waals surface area contributed by atoms with E-state index in [4.69, 9.17) is 4.99 Å². The van der Waals surface area contributed by atoms with Crippen molar-refractivity contribution in [2.45, 2.75) is 19.8 Å². The van der Waals surface area contributed by atoms with E-state index < -0.39 is 0 Å². The van der Waals surface area contributed by atoms with Crippen LogP contribution in [0.5, 0.6) is 0 Å². The normalized spacial score (nSPS) is 11.9. The molecule has 0 saturated carbocycles. The zero-order valence-electron chi connectivity index (χ0n) is 13.2. The third-order valence-electron chi connectivity index (χ3n) is 3.28. The third-order valence-corrected chi connectivity index (χ3v) is 3.77. The van der Waals surface area contributed by atoms with Crippen molar-refractivity contribution in [3.05, 3.63) is 34.3 Å². The topological polar surface area (TPSA) is 18.8 Å². The van der Waals surface area contributed by atoms with E-state index in [2.05, 4.69) is 56.9 Å². The Morgan fingerprint density at radius 1 is 1.20 bits per heavy atom. The second-order valence-electron chi connectivity index (χ2n) is 5.54. The van der Waals surface area contributed by atoms with Gasteiger partial charge in [0, 0.05) is 39.2 Å². The van der Waals surface area contributed by atoms with E-state index >= 15 is 0 Å². The van der Waals surface area contributed by atoms with Crippen LogP contribution in [0.3, 0.4) is 0 Å². The fraction of sp³-hybridized carbons (Fsp3) is 0.562. The minimum atomic E-state index is 0.583. The molecule has 0 saturated heterocycles. The molecule has 1 atom stereocenters. The Balaban J connectivity index is 2.70. The molecule has 0 radical (unpaired) electrons. The summed E-state index contributed by atoms with van der Waals surface area (Å²) in [6, 6.07) is 8.56. The molecule has 1 unspecified atom stereocenters. The van der Waals surface area contributed by atoms with E-state index in [1.54, 1.807) is 0 Å². The number of guanidine groups is 1. The lowest BCUT2D eigenvalue weighted by atomic mass is 9.97. The molecule has 0 heterocycles. The summed E-state index contributed by atoms with van der Waals surface area (Å²) in [6.45, 7) is 3.11. The Kier molecular flexibility index (Phi) is 7.06. The summed E-state index contributed by atoms with van der Waals surface area (Å²) in [6.07, 6.45) is 2.22. The maximum atomic E-state index is 4.77. The Bertz CT molecular complexity index is 431. The van der Waals surface area contributed by atoms with Gasteiger partial charge in [0.15, 0.2) is 5.96 Å². The van der Waals surface area contributed by atoms with E-state index in [-0.39, 0.29) is 0 Å². The van der Waals surface area contributed by atoms with Crippen LogP contribution < -0.4 is 0 Å². The van der Waals surface area contributed by atoms with Crippen LogP contribution in [0.15, 0.2) is 33.7 Å². The Morgan fingerprint density at radius 2 is 1.85 bits per heavy atom. The number of benzene rings is 1. The standard InChI is InChI=1S/C16H26BrN3/c1-6-13(10-14-8-7-9-15(17)11-14)12-18-16(19(2)3)20(4)5/h7-9,11,13H,6,10,12H2,1-5H3. The first-order valence-electron chi connectivity index (χ1n) is 7.07. The zero-order valence-corrected chi connectivity index (χ0v) is 14.8. The smallest absolute Gasteiger partial charge is 0.195 e. The monoisotopic (exact) mass is 339 g/mol. The zero-order chi connectivity index (χ0) is 15.1. The molecule has 0 aliphatic rings. The van der Waals surface area contributed by atoms with E-state index in [1.807, 2.05) is 28.2 Å². The number of rotatable bonds is 5. The first-order valence-corrected chi connectivity index (χ1v) is 7.86. The van der Waals surface area contributed by atoms with E-state index in [0.29, 0.717) is 5.92 Å². The molecule has 1 rings (SSSR count). The quantitative estimate of drug-likeness (QED) is 0.604. The van der Waals surface area contributed by atoms with Gasteiger partial charge in [0.2, 0.25) is 0 Å². The number of nitrogens with zero attached hydrogens (tertiary/aromatic N) is 3. The molecule has 20 heavy (non-hydrogen) atoms. The van der Waals surface area contributed by atoms with Gasteiger partial charge >= 0.3 is 0 Å². The highest BCUT2D eigenvalue weighted by molar-refractivity contribution is 9.10. The molecule has 0 spiro atoms. The summed E-state index contributed by atoms with van der Waals surface area (Å²) in [4.78, 5) is 8.89. The fourth-order valence-corrected chi connectivity index (χ4v) is 2.68. The first kappa shape index (κ1) is 17.0. The van der Waals surface area contributed by atoms with Crippen LogP contribution >= 0.6 is 15.9 Å². The summed E-state index contributed by atoms with van der Waals surface area (Å²) >= 11 is 3.53. The number of aliphatic imine (C=N–C) groups is 1. The van der Waals surface area contributed by atoms with Crippen LogP contribution in [0.25, 0.3) is 0 Å². The SMILES string of the molecule is CCC(CN=C(N(C)C)N(C)C)Cc1cccc(Br)c1. The molecule has 0 aromatic heterocycles. The fourth-order valence-electron chi connectivity index (χ4n) is 2.23. The van der Waals surface area contributed by atoms with Crippen molar-refractivity contribution in [2.24, 2.45) is 10.9 Å². The molecule has 0 bridgehead atoms. The molecule has 3 nitrogen and oxygen atoms in total. The van der Waals surface area contributed by atoms with Gasteiger partial charge in [0.1, 0.15) is 0 Å². The van der Waals surface area contributed by atoms with Gasteiger partial charge in [-0.05, 0) is 30.0 Å². The average molecular weight is 340 g/mol. The third kappa shape index (κ3) is 5.53. The van der Waals surface area contributed by atoms with Crippen molar-refractivity contribution in [1.29, 1.82) is 0 Å². The lowest BCUT2D eigenvalue weighted by Crippen LogP contribution is -2.36. The van der Waals surface area contributed by atoms with E-state index in [1.165, 1.54) is 5.56 Å². The van der Waals surface area contributed by atoms with Crippen LogP contribution in [0.1, 0.15) is 18.9 Å².